The molecule has 1 saturated heterocycles. The van der Waals surface area contributed by atoms with Crippen molar-refractivity contribution in [2.24, 2.45) is 5.92 Å². The number of hydrogen-bond donors (Lipinski definition) is 4. The first-order valence-electron chi connectivity index (χ1n) is 16.7. The first kappa shape index (κ1) is 43.9. The number of hydrogen-bond acceptors (Lipinski definition) is 11. The number of carbonyl (C=O) groups excluding carboxylic acids is 4. The van der Waals surface area contributed by atoms with Crippen molar-refractivity contribution in [3.05, 3.63) is 46.5 Å². The molecule has 1 aliphatic heterocycles. The van der Waals surface area contributed by atoms with Gasteiger partial charge in [0.25, 0.3) is 0 Å². The van der Waals surface area contributed by atoms with Crippen molar-refractivity contribution < 1.29 is 48.3 Å². The lowest BCUT2D eigenvalue weighted by Gasteiger charge is -2.41. The summed E-state index contributed by atoms with van der Waals surface area (Å²) in [6, 6.07) is 2.54. The minimum Gasteiger partial charge on any atom is -0.495 e. The number of alkyl carbamates (subject to hydrolysis) is 1. The number of benzene rings is 1. The predicted octanol–water partition coefficient (Wildman–Crippen LogP) is 4.45. The fourth-order valence-corrected chi connectivity index (χ4v) is 5.82. The summed E-state index contributed by atoms with van der Waals surface area (Å²) >= 11 is 10.7. The minimum absolute atomic E-state index is 0.00411. The molecule has 51 heavy (non-hydrogen) atoms. The van der Waals surface area contributed by atoms with Crippen molar-refractivity contribution in [1.29, 1.82) is 0 Å². The van der Waals surface area contributed by atoms with Gasteiger partial charge in [0.1, 0.15) is 35.1 Å². The summed E-state index contributed by atoms with van der Waals surface area (Å²) in [5.74, 6) is -0.911. The maximum Gasteiger partial charge on any atom is 0.409 e. The van der Waals surface area contributed by atoms with Gasteiger partial charge >= 0.3 is 12.1 Å². The Morgan fingerprint density at radius 2 is 1.84 bits per heavy atom. The number of allylic oxidation sites excluding steroid dienone is 3. The smallest absolute Gasteiger partial charge is 0.409 e. The molecule has 1 aliphatic rings. The second kappa shape index (κ2) is 19.0. The van der Waals surface area contributed by atoms with Gasteiger partial charge in [0, 0.05) is 34.0 Å². The van der Waals surface area contributed by atoms with Gasteiger partial charge in [-0.2, -0.15) is 12.6 Å². The van der Waals surface area contributed by atoms with Crippen LogP contribution in [0.3, 0.4) is 0 Å². The largest absolute Gasteiger partial charge is 0.495 e. The molecule has 286 valence electrons. The van der Waals surface area contributed by atoms with Crippen LogP contribution in [0.1, 0.15) is 66.4 Å². The zero-order valence-corrected chi connectivity index (χ0v) is 32.8. The number of ether oxygens (including phenoxy) is 4. The van der Waals surface area contributed by atoms with Crippen LogP contribution in [0, 0.1) is 5.92 Å². The average molecular weight is 756 g/mol. The zero-order chi connectivity index (χ0) is 38.8. The Hall–Kier alpha value is -3.30. The summed E-state index contributed by atoms with van der Waals surface area (Å²) < 4.78 is 21.9. The van der Waals surface area contributed by atoms with Gasteiger partial charge in [0.2, 0.25) is 11.8 Å². The van der Waals surface area contributed by atoms with E-state index >= 15 is 0 Å². The summed E-state index contributed by atoms with van der Waals surface area (Å²) in [6.07, 6.45) is 2.26. The van der Waals surface area contributed by atoms with Crippen LogP contribution >= 0.6 is 24.2 Å². The minimum atomic E-state index is -1.66. The summed E-state index contributed by atoms with van der Waals surface area (Å²) in [5.41, 5.74) is -1.26. The molecule has 5 atom stereocenters. The van der Waals surface area contributed by atoms with Crippen LogP contribution in [-0.2, 0) is 35.0 Å². The van der Waals surface area contributed by atoms with E-state index in [1.54, 1.807) is 24.3 Å². The van der Waals surface area contributed by atoms with Gasteiger partial charge in [-0.1, -0.05) is 49.2 Å². The zero-order valence-electron chi connectivity index (χ0n) is 31.2. The van der Waals surface area contributed by atoms with Crippen LogP contribution in [0.15, 0.2) is 35.9 Å². The van der Waals surface area contributed by atoms with E-state index in [0.29, 0.717) is 23.6 Å². The number of nitrogens with one attached hydrogen (secondary N) is 1. The van der Waals surface area contributed by atoms with E-state index in [1.165, 1.54) is 58.9 Å². The molecular formula is C36H54ClN3O10S. The maximum atomic E-state index is 13.6. The maximum absolute atomic E-state index is 13.6. The molecule has 1 fully saturated rings. The molecule has 2 rings (SSSR count). The highest BCUT2D eigenvalue weighted by Crippen LogP contribution is 2.37. The number of cyclic esters (lactones) is 1. The van der Waals surface area contributed by atoms with Gasteiger partial charge in [0.15, 0.2) is 5.72 Å². The first-order valence-corrected chi connectivity index (χ1v) is 17.7. The molecule has 15 heteroatoms. The Morgan fingerprint density at radius 1 is 1.20 bits per heavy atom. The van der Waals surface area contributed by atoms with E-state index in [9.17, 15) is 29.4 Å². The normalized spacial score (nSPS) is 19.9. The Labute approximate surface area is 311 Å². The Balaban J connectivity index is 2.26. The van der Waals surface area contributed by atoms with Crippen LogP contribution in [-0.4, -0.2) is 109 Å². The van der Waals surface area contributed by atoms with Gasteiger partial charge in [0.05, 0.1) is 24.8 Å². The van der Waals surface area contributed by atoms with Crippen molar-refractivity contribution in [2.45, 2.75) is 103 Å². The number of nitrogens with zero attached hydrogens (tertiary/aromatic N) is 2. The lowest BCUT2D eigenvalue weighted by atomic mass is 9.91. The van der Waals surface area contributed by atoms with Gasteiger partial charge in [-0.25, -0.2) is 9.59 Å². The summed E-state index contributed by atoms with van der Waals surface area (Å²) in [6.45, 7) is 10.1. The van der Waals surface area contributed by atoms with Crippen LogP contribution < -0.4 is 15.0 Å². The second-order valence-electron chi connectivity index (χ2n) is 13.7. The molecule has 0 bridgehead atoms. The monoisotopic (exact) mass is 755 g/mol. The SMILES string of the molecule is COc1cc(C/C(C)=C/C=C/C(OC)C2(O)CC(C(C)C)OC(=O)N2)cc(N(C)C(=O)CC(OC(=O)[C@H](C)N(C)C(=O)CCS)C(C)(C)O)c1Cl. The van der Waals surface area contributed by atoms with Crippen LogP contribution in [0.25, 0.3) is 0 Å². The number of rotatable bonds is 17. The van der Waals surface area contributed by atoms with E-state index in [4.69, 9.17) is 30.5 Å². The lowest BCUT2D eigenvalue weighted by molar-refractivity contribution is -0.170. The molecular weight excluding hydrogens is 702 g/mol. The highest BCUT2D eigenvalue weighted by Gasteiger charge is 2.45. The average Bonchev–Trinajstić information content (AvgIpc) is 3.04. The van der Waals surface area contributed by atoms with Gasteiger partial charge in [-0.15, -0.1) is 0 Å². The molecule has 0 aromatic heterocycles. The van der Waals surface area contributed by atoms with Crippen molar-refractivity contribution in [3.8, 4) is 5.75 Å². The number of methoxy groups -OCH3 is 2. The first-order chi connectivity index (χ1) is 23.7. The van der Waals surface area contributed by atoms with E-state index in [0.717, 1.165) is 11.1 Å². The van der Waals surface area contributed by atoms with Crippen LogP contribution in [0.5, 0.6) is 5.75 Å². The molecule has 13 nitrogen and oxygen atoms in total. The molecule has 0 spiro atoms. The third-order valence-corrected chi connectivity index (χ3v) is 9.39. The number of thiol groups is 1. The van der Waals surface area contributed by atoms with Crippen LogP contribution in [0.4, 0.5) is 10.5 Å². The van der Waals surface area contributed by atoms with Crippen LogP contribution in [0.2, 0.25) is 5.02 Å². The molecule has 1 aromatic rings. The van der Waals surface area contributed by atoms with Gasteiger partial charge in [-0.05, 0) is 63.5 Å². The molecule has 4 unspecified atom stereocenters. The molecule has 1 heterocycles. The van der Waals surface area contributed by atoms with Crippen molar-refractivity contribution >= 4 is 53.8 Å². The van der Waals surface area contributed by atoms with Crippen molar-refractivity contribution in [3.63, 3.8) is 0 Å². The Morgan fingerprint density at radius 3 is 2.39 bits per heavy atom. The van der Waals surface area contributed by atoms with E-state index in [2.05, 4.69) is 17.9 Å². The highest BCUT2D eigenvalue weighted by molar-refractivity contribution is 7.80. The van der Waals surface area contributed by atoms with E-state index < -0.39 is 53.6 Å². The number of esters is 1. The number of carbonyl (C=O) groups is 4. The van der Waals surface area contributed by atoms with Crippen molar-refractivity contribution in [2.75, 3.05) is 39.0 Å². The third kappa shape index (κ3) is 12.1. The fraction of sp³-hybridized carbons (Fsp3) is 0.611. The lowest BCUT2D eigenvalue weighted by Crippen LogP contribution is -2.63. The molecule has 1 aromatic carbocycles. The number of amides is 3. The standard InChI is InChI=1S/C36H54ClN3O10S/c1-21(2)27-20-36(46,38-34(44)49-27)28(48-10)13-11-12-22(3)16-24-17-25(32(37)26(18-24)47-9)40(8)31(42)19-29(35(5,6)45)50-33(43)23(4)39(7)30(41)14-15-51/h11-13,17-18,21,23,27-29,45-46,51H,14-16,19-20H2,1-10H3,(H,38,44)/b13-11+,22-12+/t23-,27?,28?,29?,36?/m0/s1. The van der Waals surface area contributed by atoms with Gasteiger partial charge < -0.3 is 39.0 Å². The van der Waals surface area contributed by atoms with Gasteiger partial charge in [-0.3, -0.25) is 14.9 Å². The van der Waals surface area contributed by atoms with Crippen molar-refractivity contribution in [1.82, 2.24) is 10.2 Å². The molecule has 0 radical (unpaired) electrons. The summed E-state index contributed by atoms with van der Waals surface area (Å²) in [7, 11) is 5.89. The van der Waals surface area contributed by atoms with E-state index in [-0.39, 0.29) is 36.1 Å². The third-order valence-electron chi connectivity index (χ3n) is 8.79. The number of halogens is 1. The molecule has 0 aliphatic carbocycles. The summed E-state index contributed by atoms with van der Waals surface area (Å²) in [4.78, 5) is 53.5. The quantitative estimate of drug-likeness (QED) is 0.101. The Bertz CT molecular complexity index is 1460. The second-order valence-corrected chi connectivity index (χ2v) is 14.5. The number of anilines is 1. The topological polar surface area (TPSA) is 164 Å². The Kier molecular flexibility index (Phi) is 16.3. The van der Waals surface area contributed by atoms with E-state index in [1.807, 2.05) is 26.8 Å². The fourth-order valence-electron chi connectivity index (χ4n) is 5.32. The predicted molar refractivity (Wildman–Crippen MR) is 198 cm³/mol. The number of likely N-dealkylation sites (N-methyl/N-ethyl adjacent to an activating group) is 1. The molecule has 3 amide bonds. The molecule has 0 saturated carbocycles. The summed E-state index contributed by atoms with van der Waals surface area (Å²) in [5, 5.41) is 24.7. The molecule has 3 N–H and O–H groups in total. The highest BCUT2D eigenvalue weighted by atomic mass is 35.5. The number of aliphatic hydroxyl groups is 2.